The number of esters is 1. The van der Waals surface area contributed by atoms with Crippen LogP contribution in [0.25, 0.3) is 0 Å². The van der Waals surface area contributed by atoms with E-state index in [9.17, 15) is 29.6 Å². The lowest BCUT2D eigenvalue weighted by Crippen LogP contribution is -2.31. The van der Waals surface area contributed by atoms with Crippen LogP contribution in [0.1, 0.15) is 15.9 Å². The van der Waals surface area contributed by atoms with Crippen molar-refractivity contribution in [1.82, 2.24) is 4.90 Å². The lowest BCUT2D eigenvalue weighted by Gasteiger charge is -2.15. The number of aliphatic hydroxyl groups excluding tert-OH is 1. The van der Waals surface area contributed by atoms with Gasteiger partial charge in [-0.2, -0.15) is 0 Å². The average molecular weight is 379 g/mol. The van der Waals surface area contributed by atoms with Gasteiger partial charge in [0, 0.05) is 18.3 Å². The van der Waals surface area contributed by atoms with Crippen LogP contribution >= 0.6 is 0 Å². The van der Waals surface area contributed by atoms with Gasteiger partial charge in [0.25, 0.3) is 11.6 Å². The monoisotopic (exact) mass is 379 g/mol. The van der Waals surface area contributed by atoms with Crippen LogP contribution in [0.2, 0.25) is 0 Å². The number of aromatic carboxylic acids is 1. The molecule has 0 atom stereocenters. The molecule has 2 rings (SSSR count). The number of anilines is 1. The van der Waals surface area contributed by atoms with Gasteiger partial charge in [-0.25, -0.2) is 9.59 Å². The number of hydrogen-bond donors (Lipinski definition) is 3. The number of hydrogen-bond acceptors (Lipinski definition) is 8. The van der Waals surface area contributed by atoms with Gasteiger partial charge >= 0.3 is 11.9 Å². The summed E-state index contributed by atoms with van der Waals surface area (Å²) in [6, 6.07) is 2.04. The molecule has 0 fully saturated rings. The molecule has 0 saturated heterocycles. The molecule has 0 unspecified atom stereocenters. The van der Waals surface area contributed by atoms with E-state index in [1.165, 1.54) is 11.8 Å². The summed E-state index contributed by atoms with van der Waals surface area (Å²) in [6.07, 6.45) is 0. The van der Waals surface area contributed by atoms with E-state index in [1.54, 1.807) is 0 Å². The first-order valence-electron chi connectivity index (χ1n) is 7.72. The Morgan fingerprint density at radius 1 is 1.41 bits per heavy atom. The first-order valence-corrected chi connectivity index (χ1v) is 7.72. The van der Waals surface area contributed by atoms with Crippen LogP contribution in [0.4, 0.5) is 11.4 Å². The highest BCUT2D eigenvalue weighted by atomic mass is 16.6. The SMILES string of the molecule is COC(=O)C1=C(Nc2cc(C(=O)O)cc([N+](=O)[O-])c2C)C(=O)N(CCO)C1. The highest BCUT2D eigenvalue weighted by Crippen LogP contribution is 2.31. The van der Waals surface area contributed by atoms with E-state index in [0.717, 1.165) is 19.2 Å². The van der Waals surface area contributed by atoms with Crippen molar-refractivity contribution in [2.75, 3.05) is 32.1 Å². The van der Waals surface area contributed by atoms with E-state index >= 15 is 0 Å². The van der Waals surface area contributed by atoms with Crippen LogP contribution < -0.4 is 5.32 Å². The molecule has 0 saturated carbocycles. The largest absolute Gasteiger partial charge is 0.478 e. The first kappa shape index (κ1) is 19.8. The Kier molecular flexibility index (Phi) is 5.75. The average Bonchev–Trinajstić information content (AvgIpc) is 2.92. The second kappa shape index (κ2) is 7.83. The van der Waals surface area contributed by atoms with Gasteiger partial charge in [0.2, 0.25) is 0 Å². The highest BCUT2D eigenvalue weighted by molar-refractivity contribution is 6.08. The minimum absolute atomic E-state index is 0.00259. The third-order valence-corrected chi connectivity index (χ3v) is 4.04. The van der Waals surface area contributed by atoms with Gasteiger partial charge in [0.05, 0.1) is 41.9 Å². The van der Waals surface area contributed by atoms with Crippen molar-refractivity contribution < 1.29 is 34.3 Å². The number of nitrogens with zero attached hydrogens (tertiary/aromatic N) is 2. The van der Waals surface area contributed by atoms with Gasteiger partial charge in [-0.05, 0) is 13.0 Å². The third-order valence-electron chi connectivity index (χ3n) is 4.04. The van der Waals surface area contributed by atoms with Crippen molar-refractivity contribution in [2.45, 2.75) is 6.92 Å². The Hall–Kier alpha value is -3.47. The van der Waals surface area contributed by atoms with Crippen molar-refractivity contribution in [3.63, 3.8) is 0 Å². The smallest absolute Gasteiger partial charge is 0.337 e. The molecule has 0 bridgehead atoms. The minimum Gasteiger partial charge on any atom is -0.478 e. The Labute approximate surface area is 153 Å². The van der Waals surface area contributed by atoms with Crippen molar-refractivity contribution in [3.05, 3.63) is 44.6 Å². The number of carboxylic acid groups (broad SMARTS) is 1. The quantitative estimate of drug-likeness (QED) is 0.343. The molecule has 11 nitrogen and oxygen atoms in total. The van der Waals surface area contributed by atoms with E-state index in [0.29, 0.717) is 0 Å². The summed E-state index contributed by atoms with van der Waals surface area (Å²) in [5.74, 6) is -2.79. The van der Waals surface area contributed by atoms with Crippen molar-refractivity contribution in [2.24, 2.45) is 0 Å². The standard InChI is InChI=1S/C16H17N3O8/c1-8-11(5-9(15(22)23)6-12(8)19(25)26)17-13-10(16(24)27-2)7-18(3-4-20)14(13)21/h5-6,17,20H,3-4,7H2,1-2H3,(H,22,23). The Bertz CT molecular complexity index is 861. The maximum atomic E-state index is 12.5. The molecule has 1 aromatic carbocycles. The highest BCUT2D eigenvalue weighted by Gasteiger charge is 2.35. The summed E-state index contributed by atoms with van der Waals surface area (Å²) < 4.78 is 4.65. The summed E-state index contributed by atoms with van der Waals surface area (Å²) in [7, 11) is 1.13. The van der Waals surface area contributed by atoms with E-state index in [1.807, 2.05) is 0 Å². The van der Waals surface area contributed by atoms with Gasteiger partial charge in [0.15, 0.2) is 0 Å². The number of nitro groups is 1. The second-order valence-electron chi connectivity index (χ2n) is 5.65. The molecule has 3 N–H and O–H groups in total. The van der Waals surface area contributed by atoms with E-state index in [-0.39, 0.29) is 47.8 Å². The fourth-order valence-corrected chi connectivity index (χ4v) is 2.63. The summed E-state index contributed by atoms with van der Waals surface area (Å²) in [6.45, 7) is 0.912. The predicted molar refractivity (Wildman–Crippen MR) is 91.1 cm³/mol. The van der Waals surface area contributed by atoms with Gasteiger partial charge in [-0.15, -0.1) is 0 Å². The molecular formula is C16H17N3O8. The number of carbonyl (C=O) groups excluding carboxylic acids is 2. The number of nitrogens with one attached hydrogen (secondary N) is 1. The number of aliphatic hydroxyl groups is 1. The molecule has 27 heavy (non-hydrogen) atoms. The maximum absolute atomic E-state index is 12.5. The molecule has 11 heteroatoms. The zero-order chi connectivity index (χ0) is 20.3. The topological polar surface area (TPSA) is 159 Å². The number of β-amino-alcohol motifs (C(OH)–C–C–N with tert-alkyl or cyclic N) is 1. The van der Waals surface area contributed by atoms with Crippen LogP contribution in [0.3, 0.4) is 0 Å². The number of ether oxygens (including phenoxy) is 1. The molecular weight excluding hydrogens is 362 g/mol. The number of carbonyl (C=O) groups is 3. The molecule has 1 amide bonds. The fourth-order valence-electron chi connectivity index (χ4n) is 2.63. The van der Waals surface area contributed by atoms with Crippen LogP contribution in [-0.4, -0.2) is 64.7 Å². The molecule has 0 aromatic heterocycles. The zero-order valence-corrected chi connectivity index (χ0v) is 14.5. The second-order valence-corrected chi connectivity index (χ2v) is 5.65. The van der Waals surface area contributed by atoms with E-state index in [4.69, 9.17) is 5.11 Å². The number of methoxy groups -OCH3 is 1. The number of rotatable bonds is 7. The Morgan fingerprint density at radius 3 is 2.59 bits per heavy atom. The number of nitro benzene ring substituents is 1. The van der Waals surface area contributed by atoms with E-state index in [2.05, 4.69) is 10.1 Å². The van der Waals surface area contributed by atoms with Crippen LogP contribution in [0, 0.1) is 17.0 Å². The lowest BCUT2D eigenvalue weighted by molar-refractivity contribution is -0.385. The van der Waals surface area contributed by atoms with Crippen LogP contribution in [-0.2, 0) is 14.3 Å². The lowest BCUT2D eigenvalue weighted by atomic mass is 10.1. The molecule has 1 aliphatic rings. The molecule has 0 spiro atoms. The van der Waals surface area contributed by atoms with Crippen LogP contribution in [0.15, 0.2) is 23.4 Å². The van der Waals surface area contributed by atoms with E-state index < -0.39 is 28.5 Å². The number of benzene rings is 1. The van der Waals surface area contributed by atoms with Crippen molar-refractivity contribution in [1.29, 1.82) is 0 Å². The molecule has 1 heterocycles. The fraction of sp³-hybridized carbons (Fsp3) is 0.312. The number of amides is 1. The predicted octanol–water partition coefficient (Wildman–Crippen LogP) is 0.275. The van der Waals surface area contributed by atoms with Crippen molar-refractivity contribution in [3.8, 4) is 0 Å². The van der Waals surface area contributed by atoms with Gasteiger partial charge in [0.1, 0.15) is 5.70 Å². The van der Waals surface area contributed by atoms with Crippen LogP contribution in [0.5, 0.6) is 0 Å². The van der Waals surface area contributed by atoms with Gasteiger partial charge < -0.3 is 25.2 Å². The minimum atomic E-state index is -1.39. The molecule has 0 radical (unpaired) electrons. The molecule has 144 valence electrons. The summed E-state index contributed by atoms with van der Waals surface area (Å²) in [5, 5.41) is 32.1. The van der Waals surface area contributed by atoms with Gasteiger partial charge in [-0.1, -0.05) is 0 Å². The Balaban J connectivity index is 2.55. The normalized spacial score (nSPS) is 13.7. The summed E-state index contributed by atoms with van der Waals surface area (Å²) >= 11 is 0. The maximum Gasteiger partial charge on any atom is 0.337 e. The molecule has 1 aliphatic heterocycles. The third kappa shape index (κ3) is 3.87. The number of carboxylic acids is 1. The van der Waals surface area contributed by atoms with Gasteiger partial charge in [-0.3, -0.25) is 14.9 Å². The van der Waals surface area contributed by atoms with Crippen molar-refractivity contribution >= 4 is 29.2 Å². The summed E-state index contributed by atoms with van der Waals surface area (Å²) in [5.41, 5.74) is -0.927. The Morgan fingerprint density at radius 2 is 2.07 bits per heavy atom. The molecule has 1 aromatic rings. The molecule has 0 aliphatic carbocycles. The summed E-state index contributed by atoms with van der Waals surface area (Å²) in [4.78, 5) is 47.4. The zero-order valence-electron chi connectivity index (χ0n) is 14.5. The first-order chi connectivity index (χ1) is 12.7.